The molecular weight excluding hydrogens is 291 g/mol. The van der Waals surface area contributed by atoms with Gasteiger partial charge in [-0.05, 0) is 54.2 Å². The molecule has 3 rings (SSSR count). The van der Waals surface area contributed by atoms with Crippen LogP contribution in [0.2, 0.25) is 0 Å². The number of hydrogen-bond acceptors (Lipinski definition) is 2. The summed E-state index contributed by atoms with van der Waals surface area (Å²) in [5, 5.41) is 9.32. The normalized spacial score (nSPS) is 15.0. The Morgan fingerprint density at radius 2 is 2.04 bits per heavy atom. The van der Waals surface area contributed by atoms with Crippen LogP contribution in [0.25, 0.3) is 11.1 Å². The lowest BCUT2D eigenvalue weighted by molar-refractivity contribution is -0.117. The average Bonchev–Trinajstić information content (AvgIpc) is 3.30. The molecule has 4 heteroatoms. The average molecular weight is 308 g/mol. The van der Waals surface area contributed by atoms with E-state index in [0.29, 0.717) is 5.56 Å². The quantitative estimate of drug-likeness (QED) is 0.940. The fourth-order valence-corrected chi connectivity index (χ4v) is 2.88. The molecule has 116 valence electrons. The number of nitrogens with two attached hydrogens (primary N) is 1. The third-order valence-electron chi connectivity index (χ3n) is 4.50. The van der Waals surface area contributed by atoms with Crippen molar-refractivity contribution in [1.29, 1.82) is 5.26 Å². The van der Waals surface area contributed by atoms with Crippen LogP contribution < -0.4 is 5.73 Å². The second kappa shape index (κ2) is 5.51. The maximum atomic E-state index is 14.3. The van der Waals surface area contributed by atoms with Crippen LogP contribution in [0.3, 0.4) is 0 Å². The van der Waals surface area contributed by atoms with E-state index in [0.717, 1.165) is 35.1 Å². The molecule has 0 bridgehead atoms. The van der Waals surface area contributed by atoms with E-state index in [1.807, 2.05) is 13.0 Å². The maximum Gasteiger partial charge on any atom is 0.221 e. The first-order chi connectivity index (χ1) is 10.9. The standard InChI is InChI=1S/C19H17FN2O/c1-12-8-14(3-2-13(12)9-18(22)23)16-10-15(4-5-17(16)20)19(11-21)6-7-19/h2-5,8,10H,6-7,9H2,1H3,(H2,22,23). The molecule has 1 aliphatic rings. The Labute approximate surface area is 134 Å². The van der Waals surface area contributed by atoms with E-state index in [1.54, 1.807) is 24.3 Å². The summed E-state index contributed by atoms with van der Waals surface area (Å²) in [6.07, 6.45) is 1.82. The fourth-order valence-electron chi connectivity index (χ4n) is 2.88. The molecule has 1 aliphatic carbocycles. The van der Waals surface area contributed by atoms with Crippen LogP contribution in [-0.4, -0.2) is 5.91 Å². The minimum atomic E-state index is -0.441. The number of halogens is 1. The number of nitriles is 1. The Morgan fingerprint density at radius 1 is 1.30 bits per heavy atom. The lowest BCUT2D eigenvalue weighted by Crippen LogP contribution is -2.14. The Hall–Kier alpha value is -2.67. The first kappa shape index (κ1) is 15.2. The maximum absolute atomic E-state index is 14.3. The molecule has 0 spiro atoms. The summed E-state index contributed by atoms with van der Waals surface area (Å²) >= 11 is 0. The smallest absolute Gasteiger partial charge is 0.221 e. The van der Waals surface area contributed by atoms with Crippen LogP contribution in [0.4, 0.5) is 4.39 Å². The summed E-state index contributed by atoms with van der Waals surface area (Å²) < 4.78 is 14.3. The monoisotopic (exact) mass is 308 g/mol. The lowest BCUT2D eigenvalue weighted by Gasteiger charge is -2.12. The third kappa shape index (κ3) is 2.83. The minimum Gasteiger partial charge on any atom is -0.369 e. The van der Waals surface area contributed by atoms with Crippen molar-refractivity contribution in [2.24, 2.45) is 5.73 Å². The lowest BCUT2D eigenvalue weighted by atomic mass is 9.92. The molecule has 0 aromatic heterocycles. The molecular formula is C19H17FN2O. The number of aryl methyl sites for hydroxylation is 1. The predicted molar refractivity (Wildman–Crippen MR) is 86.0 cm³/mol. The second-order valence-electron chi connectivity index (χ2n) is 6.17. The van der Waals surface area contributed by atoms with E-state index in [4.69, 9.17) is 5.73 Å². The van der Waals surface area contributed by atoms with Gasteiger partial charge < -0.3 is 5.73 Å². The second-order valence-corrected chi connectivity index (χ2v) is 6.17. The van der Waals surface area contributed by atoms with Crippen molar-refractivity contribution in [3.63, 3.8) is 0 Å². The van der Waals surface area contributed by atoms with Crippen molar-refractivity contribution in [1.82, 2.24) is 0 Å². The number of carbonyl (C=O) groups excluding carboxylic acids is 1. The van der Waals surface area contributed by atoms with Gasteiger partial charge in [0.15, 0.2) is 0 Å². The summed E-state index contributed by atoms with van der Waals surface area (Å²) in [4.78, 5) is 11.1. The molecule has 3 nitrogen and oxygen atoms in total. The van der Waals surface area contributed by atoms with Gasteiger partial charge in [0, 0.05) is 5.56 Å². The summed E-state index contributed by atoms with van der Waals surface area (Å²) in [5.74, 6) is -0.705. The van der Waals surface area contributed by atoms with Crippen LogP contribution in [0, 0.1) is 24.1 Å². The Bertz CT molecular complexity index is 832. The van der Waals surface area contributed by atoms with Crippen LogP contribution in [0.15, 0.2) is 36.4 Å². The van der Waals surface area contributed by atoms with Gasteiger partial charge in [-0.15, -0.1) is 0 Å². The van der Waals surface area contributed by atoms with Crippen molar-refractivity contribution in [3.05, 3.63) is 58.9 Å². The zero-order valence-corrected chi connectivity index (χ0v) is 12.9. The van der Waals surface area contributed by atoms with Crippen molar-refractivity contribution in [3.8, 4) is 17.2 Å². The van der Waals surface area contributed by atoms with Crippen LogP contribution >= 0.6 is 0 Å². The van der Waals surface area contributed by atoms with Crippen molar-refractivity contribution in [2.75, 3.05) is 0 Å². The molecule has 0 atom stereocenters. The molecule has 0 aliphatic heterocycles. The van der Waals surface area contributed by atoms with Gasteiger partial charge in [-0.1, -0.05) is 24.3 Å². The Balaban J connectivity index is 2.02. The third-order valence-corrected chi connectivity index (χ3v) is 4.50. The van der Waals surface area contributed by atoms with Crippen LogP contribution in [0.1, 0.15) is 29.5 Å². The van der Waals surface area contributed by atoms with E-state index in [-0.39, 0.29) is 12.2 Å². The molecule has 1 amide bonds. The van der Waals surface area contributed by atoms with Crippen molar-refractivity contribution < 1.29 is 9.18 Å². The zero-order valence-electron chi connectivity index (χ0n) is 12.9. The molecule has 0 unspecified atom stereocenters. The summed E-state index contributed by atoms with van der Waals surface area (Å²) in [6, 6.07) is 12.7. The number of benzene rings is 2. The summed E-state index contributed by atoms with van der Waals surface area (Å²) in [5.41, 5.74) is 8.62. The van der Waals surface area contributed by atoms with Gasteiger partial charge in [-0.3, -0.25) is 4.79 Å². The van der Waals surface area contributed by atoms with Gasteiger partial charge >= 0.3 is 0 Å². The van der Waals surface area contributed by atoms with E-state index < -0.39 is 11.3 Å². The highest BCUT2D eigenvalue weighted by Gasteiger charge is 2.45. The highest BCUT2D eigenvalue weighted by molar-refractivity contribution is 5.77. The fraction of sp³-hybridized carbons (Fsp3) is 0.263. The van der Waals surface area contributed by atoms with Gasteiger partial charge in [0.25, 0.3) is 0 Å². The number of primary amides is 1. The highest BCUT2D eigenvalue weighted by atomic mass is 19.1. The van der Waals surface area contributed by atoms with E-state index in [2.05, 4.69) is 6.07 Å². The topological polar surface area (TPSA) is 66.9 Å². The highest BCUT2D eigenvalue weighted by Crippen LogP contribution is 2.48. The van der Waals surface area contributed by atoms with E-state index >= 15 is 0 Å². The Kier molecular flexibility index (Phi) is 3.65. The Morgan fingerprint density at radius 3 is 2.61 bits per heavy atom. The number of amides is 1. The molecule has 23 heavy (non-hydrogen) atoms. The number of rotatable bonds is 4. The largest absolute Gasteiger partial charge is 0.369 e. The van der Waals surface area contributed by atoms with Crippen LogP contribution in [0.5, 0.6) is 0 Å². The molecule has 2 aromatic carbocycles. The number of hydrogen-bond donors (Lipinski definition) is 1. The van der Waals surface area contributed by atoms with E-state index in [1.165, 1.54) is 6.07 Å². The van der Waals surface area contributed by atoms with Gasteiger partial charge in [0.2, 0.25) is 5.91 Å². The molecule has 0 saturated heterocycles. The van der Waals surface area contributed by atoms with Crippen molar-refractivity contribution >= 4 is 5.91 Å². The van der Waals surface area contributed by atoms with Crippen LogP contribution in [-0.2, 0) is 16.6 Å². The molecule has 0 heterocycles. The predicted octanol–water partition coefficient (Wildman–Crippen LogP) is 3.38. The zero-order chi connectivity index (χ0) is 16.6. The molecule has 2 aromatic rings. The number of nitrogens with zero attached hydrogens (tertiary/aromatic N) is 1. The molecule has 1 fully saturated rings. The summed E-state index contributed by atoms with van der Waals surface area (Å²) in [7, 11) is 0. The summed E-state index contributed by atoms with van der Waals surface area (Å²) in [6.45, 7) is 1.88. The van der Waals surface area contributed by atoms with Gasteiger partial charge in [0.05, 0.1) is 17.9 Å². The molecule has 2 N–H and O–H groups in total. The first-order valence-electron chi connectivity index (χ1n) is 7.55. The minimum absolute atomic E-state index is 0.173. The van der Waals surface area contributed by atoms with E-state index in [9.17, 15) is 14.4 Å². The molecule has 0 radical (unpaired) electrons. The first-order valence-corrected chi connectivity index (χ1v) is 7.55. The SMILES string of the molecule is Cc1cc(-c2cc(C3(C#N)CC3)ccc2F)ccc1CC(N)=O. The van der Waals surface area contributed by atoms with Gasteiger partial charge in [-0.2, -0.15) is 5.26 Å². The molecule has 1 saturated carbocycles. The van der Waals surface area contributed by atoms with Gasteiger partial charge in [-0.25, -0.2) is 4.39 Å². The van der Waals surface area contributed by atoms with Crippen molar-refractivity contribution in [2.45, 2.75) is 31.6 Å². The van der Waals surface area contributed by atoms with Gasteiger partial charge in [0.1, 0.15) is 5.82 Å². The number of carbonyl (C=O) groups is 1.